The van der Waals surface area contributed by atoms with Crippen LogP contribution in [0.5, 0.6) is 0 Å². The van der Waals surface area contributed by atoms with Crippen molar-refractivity contribution in [2.45, 2.75) is 19.3 Å². The van der Waals surface area contributed by atoms with Crippen molar-refractivity contribution < 1.29 is 0 Å². The molecule has 0 unspecified atom stereocenters. The highest BCUT2D eigenvalue weighted by Gasteiger charge is 2.35. The summed E-state index contributed by atoms with van der Waals surface area (Å²) in [6.07, 6.45) is 1.82. The van der Waals surface area contributed by atoms with Crippen LogP contribution in [0, 0.1) is 11.3 Å². The van der Waals surface area contributed by atoms with Crippen molar-refractivity contribution in [3.63, 3.8) is 0 Å². The molecule has 9 rings (SSSR count). The van der Waals surface area contributed by atoms with Crippen molar-refractivity contribution in [2.24, 2.45) is 0 Å². The monoisotopic (exact) mass is 679 g/mol. The van der Waals surface area contributed by atoms with Gasteiger partial charge in [0.05, 0.1) is 17.3 Å². The minimum Gasteiger partial charge on any atom is -0.256 e. The van der Waals surface area contributed by atoms with Gasteiger partial charge in [-0.1, -0.05) is 123 Å². The summed E-state index contributed by atoms with van der Waals surface area (Å²) >= 11 is 0. The predicted octanol–water partition coefficient (Wildman–Crippen LogP) is 11.4. The molecule has 0 N–H and O–H groups in total. The molecule has 2 aromatic heterocycles. The van der Waals surface area contributed by atoms with Gasteiger partial charge in [-0.2, -0.15) is 5.26 Å². The summed E-state index contributed by atoms with van der Waals surface area (Å²) in [5, 5.41) is 9.63. The SMILES string of the molecule is CC1(C)c2ccc(C#N)cc2-c2ccc(-c3cc(-c4ccccn4)cc(-c4nc(-c5ccccc5)nc(-c5ccc(-c6ccccc6)cc5)n4)c3)cc21. The van der Waals surface area contributed by atoms with Crippen molar-refractivity contribution in [1.29, 1.82) is 5.26 Å². The standard InChI is InChI=1S/C48H33N5/c1-48(2)42-23-16-31(30-49)25-41(42)40-22-21-36(29-43(40)48)37-26-38(44-15-9-10-24-50-44)28-39(27-37)47-52-45(34-13-7-4-8-14-34)51-46(53-47)35-19-17-33(18-20-35)32-11-5-3-6-12-32/h3-29H,1-2H3. The van der Waals surface area contributed by atoms with Gasteiger partial charge in [0.1, 0.15) is 0 Å². The van der Waals surface area contributed by atoms with Gasteiger partial charge in [-0.3, -0.25) is 4.98 Å². The number of fused-ring (bicyclic) bond motifs is 3. The maximum atomic E-state index is 9.63. The molecule has 1 aliphatic carbocycles. The van der Waals surface area contributed by atoms with Crippen molar-refractivity contribution in [3.8, 4) is 84.9 Å². The molecular formula is C48H33N5. The Morgan fingerprint density at radius 1 is 0.434 bits per heavy atom. The quantitative estimate of drug-likeness (QED) is 0.175. The summed E-state index contributed by atoms with van der Waals surface area (Å²) < 4.78 is 0. The van der Waals surface area contributed by atoms with Gasteiger partial charge in [0.25, 0.3) is 0 Å². The molecule has 0 amide bonds. The fraction of sp³-hybridized carbons (Fsp3) is 0.0625. The second-order valence-electron chi connectivity index (χ2n) is 13.9. The van der Waals surface area contributed by atoms with E-state index in [0.29, 0.717) is 23.0 Å². The lowest BCUT2D eigenvalue weighted by molar-refractivity contribution is 0.660. The van der Waals surface area contributed by atoms with Gasteiger partial charge in [0, 0.05) is 33.9 Å². The largest absolute Gasteiger partial charge is 0.256 e. The fourth-order valence-corrected chi connectivity index (χ4v) is 7.40. The lowest BCUT2D eigenvalue weighted by atomic mass is 9.81. The van der Waals surface area contributed by atoms with Crippen molar-refractivity contribution >= 4 is 0 Å². The van der Waals surface area contributed by atoms with E-state index in [1.807, 2.05) is 72.9 Å². The van der Waals surface area contributed by atoms with E-state index in [9.17, 15) is 5.26 Å². The molecule has 8 aromatic rings. The van der Waals surface area contributed by atoms with Crippen LogP contribution < -0.4 is 0 Å². The van der Waals surface area contributed by atoms with E-state index in [1.165, 1.54) is 16.7 Å². The normalized spacial score (nSPS) is 12.5. The van der Waals surface area contributed by atoms with Gasteiger partial charge in [0.15, 0.2) is 17.5 Å². The molecular weight excluding hydrogens is 647 g/mol. The summed E-state index contributed by atoms with van der Waals surface area (Å²) in [5.41, 5.74) is 14.1. The molecule has 0 saturated heterocycles. The molecule has 53 heavy (non-hydrogen) atoms. The molecule has 2 heterocycles. The van der Waals surface area contributed by atoms with E-state index < -0.39 is 0 Å². The van der Waals surface area contributed by atoms with Crippen molar-refractivity contribution in [2.75, 3.05) is 0 Å². The van der Waals surface area contributed by atoms with Gasteiger partial charge in [-0.25, -0.2) is 15.0 Å². The number of nitrogens with zero attached hydrogens (tertiary/aromatic N) is 5. The molecule has 5 nitrogen and oxygen atoms in total. The molecule has 0 radical (unpaired) electrons. The molecule has 5 heteroatoms. The van der Waals surface area contributed by atoms with Crippen LogP contribution in [0.1, 0.15) is 30.5 Å². The number of hydrogen-bond donors (Lipinski definition) is 0. The molecule has 0 spiro atoms. The average Bonchev–Trinajstić information content (AvgIpc) is 3.46. The highest BCUT2D eigenvalue weighted by Crippen LogP contribution is 2.50. The Morgan fingerprint density at radius 2 is 1.00 bits per heavy atom. The first kappa shape index (κ1) is 31.9. The molecule has 250 valence electrons. The first-order chi connectivity index (χ1) is 25.9. The van der Waals surface area contributed by atoms with E-state index >= 15 is 0 Å². The van der Waals surface area contributed by atoms with Crippen molar-refractivity contribution in [3.05, 3.63) is 181 Å². The van der Waals surface area contributed by atoms with E-state index in [0.717, 1.165) is 55.8 Å². The smallest absolute Gasteiger partial charge is 0.164 e. The van der Waals surface area contributed by atoms with E-state index in [-0.39, 0.29) is 5.41 Å². The first-order valence-corrected chi connectivity index (χ1v) is 17.7. The number of hydrogen-bond acceptors (Lipinski definition) is 5. The second kappa shape index (κ2) is 12.9. The third kappa shape index (κ3) is 5.87. The number of rotatable bonds is 6. The first-order valence-electron chi connectivity index (χ1n) is 17.7. The fourth-order valence-electron chi connectivity index (χ4n) is 7.40. The zero-order valence-electron chi connectivity index (χ0n) is 29.3. The van der Waals surface area contributed by atoms with E-state index in [2.05, 4.69) is 111 Å². The Hall–Kier alpha value is -7.03. The minimum atomic E-state index is -0.222. The highest BCUT2D eigenvalue weighted by molar-refractivity contribution is 5.86. The summed E-state index contributed by atoms with van der Waals surface area (Å²) in [5.74, 6) is 1.79. The number of aromatic nitrogens is 4. The summed E-state index contributed by atoms with van der Waals surface area (Å²) in [6, 6.07) is 56.3. The predicted molar refractivity (Wildman–Crippen MR) is 213 cm³/mol. The Labute approximate surface area is 309 Å². The highest BCUT2D eigenvalue weighted by atomic mass is 15.0. The topological polar surface area (TPSA) is 75.3 Å². The van der Waals surface area contributed by atoms with Crippen LogP contribution in [0.4, 0.5) is 0 Å². The zero-order chi connectivity index (χ0) is 35.9. The molecule has 0 aliphatic heterocycles. The van der Waals surface area contributed by atoms with Crippen LogP contribution in [-0.2, 0) is 5.41 Å². The molecule has 0 bridgehead atoms. The van der Waals surface area contributed by atoms with Gasteiger partial charge >= 0.3 is 0 Å². The summed E-state index contributed by atoms with van der Waals surface area (Å²) in [7, 11) is 0. The Balaban J connectivity index is 1.20. The van der Waals surface area contributed by atoms with Gasteiger partial charge in [-0.05, 0) is 93.0 Å². The van der Waals surface area contributed by atoms with Crippen LogP contribution in [0.2, 0.25) is 0 Å². The Morgan fingerprint density at radius 3 is 1.68 bits per heavy atom. The van der Waals surface area contributed by atoms with Crippen LogP contribution in [-0.4, -0.2) is 19.9 Å². The Kier molecular flexibility index (Phi) is 7.79. The molecule has 0 atom stereocenters. The van der Waals surface area contributed by atoms with E-state index in [4.69, 9.17) is 19.9 Å². The van der Waals surface area contributed by atoms with Gasteiger partial charge < -0.3 is 0 Å². The minimum absolute atomic E-state index is 0.222. The van der Waals surface area contributed by atoms with Gasteiger partial charge in [0.2, 0.25) is 0 Å². The lowest BCUT2D eigenvalue weighted by Gasteiger charge is -2.22. The van der Waals surface area contributed by atoms with E-state index in [1.54, 1.807) is 0 Å². The third-order valence-electron chi connectivity index (χ3n) is 10.2. The number of nitriles is 1. The molecule has 6 aromatic carbocycles. The van der Waals surface area contributed by atoms with Crippen LogP contribution in [0.15, 0.2) is 164 Å². The van der Waals surface area contributed by atoms with Crippen LogP contribution >= 0.6 is 0 Å². The molecule has 0 fully saturated rings. The molecule has 0 saturated carbocycles. The second-order valence-corrected chi connectivity index (χ2v) is 13.9. The maximum Gasteiger partial charge on any atom is 0.164 e. The third-order valence-corrected chi connectivity index (χ3v) is 10.2. The number of benzene rings is 6. The van der Waals surface area contributed by atoms with Gasteiger partial charge in [-0.15, -0.1) is 0 Å². The molecule has 1 aliphatic rings. The lowest BCUT2D eigenvalue weighted by Crippen LogP contribution is -2.15. The van der Waals surface area contributed by atoms with Crippen molar-refractivity contribution in [1.82, 2.24) is 19.9 Å². The van der Waals surface area contributed by atoms with Crippen LogP contribution in [0.25, 0.3) is 78.8 Å². The van der Waals surface area contributed by atoms with Crippen LogP contribution in [0.3, 0.4) is 0 Å². The average molecular weight is 680 g/mol. The zero-order valence-corrected chi connectivity index (χ0v) is 29.3. The summed E-state index contributed by atoms with van der Waals surface area (Å²) in [4.78, 5) is 19.9. The summed E-state index contributed by atoms with van der Waals surface area (Å²) in [6.45, 7) is 4.51. The number of pyridine rings is 1. The maximum absolute atomic E-state index is 9.63. The Bertz CT molecular complexity index is 2680.